The number of aliphatic hydroxyl groups is 1. The molecule has 0 spiro atoms. The first kappa shape index (κ1) is 14.9. The molecule has 2 aliphatic rings. The van der Waals surface area contributed by atoms with E-state index >= 15 is 0 Å². The number of hydrogen-bond donors (Lipinski definition) is 1. The van der Waals surface area contributed by atoms with E-state index in [4.69, 9.17) is 0 Å². The van der Waals surface area contributed by atoms with Crippen LogP contribution in [0.5, 0.6) is 0 Å². The van der Waals surface area contributed by atoms with E-state index in [0.717, 1.165) is 18.8 Å². The zero-order chi connectivity index (χ0) is 14.8. The van der Waals surface area contributed by atoms with Gasteiger partial charge in [0, 0.05) is 31.4 Å². The van der Waals surface area contributed by atoms with Crippen molar-refractivity contribution in [3.8, 4) is 0 Å². The molecule has 0 aromatic heterocycles. The van der Waals surface area contributed by atoms with Crippen molar-refractivity contribution in [3.05, 3.63) is 29.8 Å². The molecule has 0 radical (unpaired) electrons. The molecule has 1 aromatic carbocycles. The fraction of sp³-hybridized carbons (Fsp3) is 0.667. The lowest BCUT2D eigenvalue weighted by atomic mass is 9.87. The normalized spacial score (nSPS) is 27.0. The van der Waals surface area contributed by atoms with Crippen LogP contribution in [0.4, 0.5) is 5.69 Å². The van der Waals surface area contributed by atoms with Crippen LogP contribution in [0, 0.1) is 12.8 Å². The van der Waals surface area contributed by atoms with Crippen molar-refractivity contribution in [2.45, 2.75) is 44.8 Å². The van der Waals surface area contributed by atoms with Crippen LogP contribution in [-0.2, 0) is 0 Å². The van der Waals surface area contributed by atoms with Gasteiger partial charge in [0.1, 0.15) is 0 Å². The van der Waals surface area contributed by atoms with Crippen LogP contribution in [0.1, 0.15) is 31.2 Å². The van der Waals surface area contributed by atoms with E-state index < -0.39 is 0 Å². The van der Waals surface area contributed by atoms with Crippen LogP contribution in [0.2, 0.25) is 0 Å². The number of aryl methyl sites for hydroxylation is 1. The minimum absolute atomic E-state index is 0.0409. The van der Waals surface area contributed by atoms with Crippen molar-refractivity contribution < 1.29 is 5.11 Å². The Morgan fingerprint density at radius 2 is 1.76 bits per heavy atom. The number of piperidine rings is 1. The summed E-state index contributed by atoms with van der Waals surface area (Å²) in [5, 5.41) is 9.42. The summed E-state index contributed by atoms with van der Waals surface area (Å²) in [7, 11) is 2.23. The van der Waals surface area contributed by atoms with Crippen molar-refractivity contribution in [1.82, 2.24) is 4.90 Å². The van der Waals surface area contributed by atoms with Gasteiger partial charge in [-0.2, -0.15) is 0 Å². The smallest absolute Gasteiger partial charge is 0.0570 e. The highest BCUT2D eigenvalue weighted by molar-refractivity contribution is 5.47. The Morgan fingerprint density at radius 1 is 1.14 bits per heavy atom. The third-order valence-corrected chi connectivity index (χ3v) is 5.27. The van der Waals surface area contributed by atoms with Crippen LogP contribution in [0.3, 0.4) is 0 Å². The molecular formula is C18H28N2O. The fourth-order valence-corrected chi connectivity index (χ4v) is 3.60. The SMILES string of the molecule is Cc1ccc(N2CCC(CN(C)C3CC(O)C3)CC2)cc1. The lowest BCUT2D eigenvalue weighted by molar-refractivity contribution is 0.00564. The van der Waals surface area contributed by atoms with Gasteiger partial charge in [0.25, 0.3) is 0 Å². The lowest BCUT2D eigenvalue weighted by Crippen LogP contribution is -2.48. The number of hydrogen-bond acceptors (Lipinski definition) is 3. The molecule has 1 aliphatic heterocycles. The molecule has 116 valence electrons. The standard InChI is InChI=1S/C18H28N2O/c1-14-3-5-16(6-4-14)20-9-7-15(8-10-20)13-19(2)17-11-18(21)12-17/h3-6,15,17-18,21H,7-13H2,1-2H3. The van der Waals surface area contributed by atoms with E-state index in [0.29, 0.717) is 6.04 Å². The third-order valence-electron chi connectivity index (χ3n) is 5.27. The van der Waals surface area contributed by atoms with Gasteiger partial charge in [0.05, 0.1) is 6.10 Å². The van der Waals surface area contributed by atoms with Crippen LogP contribution < -0.4 is 4.90 Å². The van der Waals surface area contributed by atoms with Gasteiger partial charge in [0.15, 0.2) is 0 Å². The topological polar surface area (TPSA) is 26.7 Å². The van der Waals surface area contributed by atoms with Crippen molar-refractivity contribution in [2.24, 2.45) is 5.92 Å². The molecule has 1 saturated carbocycles. The summed E-state index contributed by atoms with van der Waals surface area (Å²) in [6, 6.07) is 9.53. The van der Waals surface area contributed by atoms with E-state index in [1.54, 1.807) is 0 Å². The van der Waals surface area contributed by atoms with Crippen molar-refractivity contribution in [2.75, 3.05) is 31.6 Å². The highest BCUT2D eigenvalue weighted by Crippen LogP contribution is 2.28. The van der Waals surface area contributed by atoms with Gasteiger partial charge < -0.3 is 14.9 Å². The van der Waals surface area contributed by atoms with E-state index in [-0.39, 0.29) is 6.10 Å². The summed E-state index contributed by atoms with van der Waals surface area (Å²) in [4.78, 5) is 4.99. The monoisotopic (exact) mass is 288 g/mol. The number of aliphatic hydroxyl groups excluding tert-OH is 1. The predicted molar refractivity (Wildman–Crippen MR) is 87.8 cm³/mol. The fourth-order valence-electron chi connectivity index (χ4n) is 3.60. The van der Waals surface area contributed by atoms with Crippen molar-refractivity contribution in [1.29, 1.82) is 0 Å². The zero-order valence-corrected chi connectivity index (χ0v) is 13.3. The Kier molecular flexibility index (Phi) is 4.51. The van der Waals surface area contributed by atoms with Crippen LogP contribution in [-0.4, -0.2) is 48.8 Å². The van der Waals surface area contributed by atoms with E-state index in [2.05, 4.69) is 48.0 Å². The van der Waals surface area contributed by atoms with Gasteiger partial charge in [-0.25, -0.2) is 0 Å². The quantitative estimate of drug-likeness (QED) is 0.923. The minimum atomic E-state index is -0.0409. The maximum Gasteiger partial charge on any atom is 0.0570 e. The summed E-state index contributed by atoms with van der Waals surface area (Å²) in [5.74, 6) is 0.814. The molecule has 3 heteroatoms. The number of anilines is 1. The summed E-state index contributed by atoms with van der Waals surface area (Å²) in [6.07, 6.45) is 4.47. The predicted octanol–water partition coefficient (Wildman–Crippen LogP) is 2.67. The molecule has 1 aliphatic carbocycles. The number of rotatable bonds is 4. The molecule has 0 amide bonds. The first-order chi connectivity index (χ1) is 10.1. The molecule has 1 saturated heterocycles. The van der Waals surface area contributed by atoms with Crippen molar-refractivity contribution >= 4 is 5.69 Å². The summed E-state index contributed by atoms with van der Waals surface area (Å²) in [5.41, 5.74) is 2.70. The average Bonchev–Trinajstić information content (AvgIpc) is 2.46. The minimum Gasteiger partial charge on any atom is -0.393 e. The second kappa shape index (κ2) is 6.37. The molecule has 2 fully saturated rings. The van der Waals surface area contributed by atoms with E-state index in [1.165, 1.54) is 43.7 Å². The first-order valence-corrected chi connectivity index (χ1v) is 8.32. The van der Waals surface area contributed by atoms with Crippen molar-refractivity contribution in [3.63, 3.8) is 0 Å². The molecule has 0 atom stereocenters. The summed E-state index contributed by atoms with van der Waals surface area (Å²) in [6.45, 7) is 5.69. The van der Waals surface area contributed by atoms with Crippen LogP contribution in [0.15, 0.2) is 24.3 Å². The maximum atomic E-state index is 9.42. The molecule has 0 unspecified atom stereocenters. The molecule has 21 heavy (non-hydrogen) atoms. The maximum absolute atomic E-state index is 9.42. The van der Waals surface area contributed by atoms with Crippen LogP contribution in [0.25, 0.3) is 0 Å². The van der Waals surface area contributed by atoms with E-state index in [9.17, 15) is 5.11 Å². The van der Waals surface area contributed by atoms with Gasteiger partial charge in [-0.15, -0.1) is 0 Å². The average molecular weight is 288 g/mol. The molecule has 3 rings (SSSR count). The van der Waals surface area contributed by atoms with Crippen LogP contribution >= 0.6 is 0 Å². The van der Waals surface area contributed by atoms with Gasteiger partial charge >= 0.3 is 0 Å². The zero-order valence-electron chi connectivity index (χ0n) is 13.3. The molecule has 1 aromatic rings. The first-order valence-electron chi connectivity index (χ1n) is 8.32. The molecule has 1 heterocycles. The Balaban J connectivity index is 1.45. The van der Waals surface area contributed by atoms with Gasteiger partial charge in [-0.05, 0) is 57.7 Å². The molecular weight excluding hydrogens is 260 g/mol. The highest BCUT2D eigenvalue weighted by atomic mass is 16.3. The second-order valence-electron chi connectivity index (χ2n) is 6.98. The summed E-state index contributed by atoms with van der Waals surface area (Å²) < 4.78 is 0. The number of nitrogens with zero attached hydrogens (tertiary/aromatic N) is 2. The molecule has 3 nitrogen and oxygen atoms in total. The molecule has 1 N–H and O–H groups in total. The highest BCUT2D eigenvalue weighted by Gasteiger charge is 2.31. The Labute approximate surface area is 128 Å². The van der Waals surface area contributed by atoms with Gasteiger partial charge in [-0.1, -0.05) is 17.7 Å². The Bertz CT molecular complexity index is 445. The van der Waals surface area contributed by atoms with Gasteiger partial charge in [-0.3, -0.25) is 0 Å². The summed E-state index contributed by atoms with van der Waals surface area (Å²) >= 11 is 0. The largest absolute Gasteiger partial charge is 0.393 e. The number of benzene rings is 1. The second-order valence-corrected chi connectivity index (χ2v) is 6.98. The van der Waals surface area contributed by atoms with E-state index in [1.807, 2.05) is 0 Å². The Morgan fingerprint density at radius 3 is 2.33 bits per heavy atom. The Hall–Kier alpha value is -1.06. The third kappa shape index (κ3) is 3.58. The van der Waals surface area contributed by atoms with Gasteiger partial charge in [0.2, 0.25) is 0 Å². The molecule has 0 bridgehead atoms. The lowest BCUT2D eigenvalue weighted by Gasteiger charge is -2.41.